The van der Waals surface area contributed by atoms with E-state index in [0.717, 1.165) is 41.8 Å². The third kappa shape index (κ3) is 4.33. The first-order chi connectivity index (χ1) is 14.4. The van der Waals surface area contributed by atoms with Crippen molar-refractivity contribution in [1.82, 2.24) is 10.3 Å². The molecule has 4 rings (SSSR count). The molecule has 2 N–H and O–H groups in total. The Hall–Kier alpha value is -2.86. The lowest BCUT2D eigenvalue weighted by molar-refractivity contribution is -0.152. The van der Waals surface area contributed by atoms with E-state index in [0.29, 0.717) is 11.7 Å². The Morgan fingerprint density at radius 1 is 1.27 bits per heavy atom. The van der Waals surface area contributed by atoms with Crippen LogP contribution in [-0.4, -0.2) is 21.7 Å². The molecule has 30 heavy (non-hydrogen) atoms. The van der Waals surface area contributed by atoms with Gasteiger partial charge in [-0.1, -0.05) is 31.2 Å². The number of hydrogen-bond donors (Lipinski definition) is 2. The number of carboxylic acid groups (broad SMARTS) is 1. The fourth-order valence-corrected chi connectivity index (χ4v) is 3.66. The Balaban J connectivity index is 1.57. The number of oxazole rings is 1. The van der Waals surface area contributed by atoms with Crippen LogP contribution < -0.4 is 10.1 Å². The zero-order valence-electron chi connectivity index (χ0n) is 17.6. The Bertz CT molecular complexity index is 1010. The molecule has 1 aliphatic carbocycles. The van der Waals surface area contributed by atoms with Crippen molar-refractivity contribution in [2.75, 3.05) is 0 Å². The zero-order valence-corrected chi connectivity index (χ0v) is 17.6. The molecule has 158 valence electrons. The number of ether oxygens (including phenoxy) is 1. The van der Waals surface area contributed by atoms with E-state index < -0.39 is 11.6 Å². The molecule has 1 aromatic heterocycles. The number of benzene rings is 2. The van der Waals surface area contributed by atoms with Gasteiger partial charge in [0.15, 0.2) is 11.2 Å². The summed E-state index contributed by atoms with van der Waals surface area (Å²) in [7, 11) is 0. The maximum Gasteiger partial charge on any atom is 0.347 e. The minimum Gasteiger partial charge on any atom is -0.478 e. The molecule has 1 heterocycles. The zero-order chi connectivity index (χ0) is 21.3. The van der Waals surface area contributed by atoms with E-state index in [-0.39, 0.29) is 12.1 Å². The van der Waals surface area contributed by atoms with E-state index in [1.807, 2.05) is 42.5 Å². The number of nitrogens with zero attached hydrogens (tertiary/aromatic N) is 1. The van der Waals surface area contributed by atoms with Crippen molar-refractivity contribution in [3.05, 3.63) is 60.0 Å². The maximum absolute atomic E-state index is 11.4. The molecule has 3 aromatic rings. The third-order valence-electron chi connectivity index (χ3n) is 5.61. The fourth-order valence-electron chi connectivity index (χ4n) is 3.66. The summed E-state index contributed by atoms with van der Waals surface area (Å²) in [6.45, 7) is 5.23. The van der Waals surface area contributed by atoms with E-state index in [2.05, 4.69) is 12.2 Å². The number of hydrogen-bond acceptors (Lipinski definition) is 5. The van der Waals surface area contributed by atoms with Crippen LogP contribution in [0.15, 0.2) is 52.9 Å². The predicted molar refractivity (Wildman–Crippen MR) is 114 cm³/mol. The molecule has 1 saturated carbocycles. The largest absolute Gasteiger partial charge is 0.478 e. The number of para-hydroxylation sites is 2. The second-order valence-electron chi connectivity index (χ2n) is 8.45. The lowest BCUT2D eigenvalue weighted by Crippen LogP contribution is -2.37. The summed E-state index contributed by atoms with van der Waals surface area (Å²) >= 11 is 0. The van der Waals surface area contributed by atoms with Crippen molar-refractivity contribution in [2.45, 2.75) is 57.7 Å². The molecule has 0 aliphatic heterocycles. The van der Waals surface area contributed by atoms with Crippen LogP contribution in [0.5, 0.6) is 5.75 Å². The lowest BCUT2D eigenvalue weighted by atomic mass is 10.0. The topological polar surface area (TPSA) is 84.6 Å². The molecule has 2 unspecified atom stereocenters. The third-order valence-corrected chi connectivity index (χ3v) is 5.61. The summed E-state index contributed by atoms with van der Waals surface area (Å²) in [6, 6.07) is 15.6. The molecular weight excluding hydrogens is 380 g/mol. The first-order valence-electron chi connectivity index (χ1n) is 10.5. The van der Waals surface area contributed by atoms with E-state index in [1.165, 1.54) is 0 Å². The van der Waals surface area contributed by atoms with Gasteiger partial charge < -0.3 is 14.3 Å². The monoisotopic (exact) mass is 408 g/mol. The van der Waals surface area contributed by atoms with Crippen LogP contribution in [0.1, 0.15) is 63.6 Å². The first-order valence-corrected chi connectivity index (χ1v) is 10.5. The first kappa shape index (κ1) is 20.4. The van der Waals surface area contributed by atoms with Crippen molar-refractivity contribution >= 4 is 17.1 Å². The highest BCUT2D eigenvalue weighted by atomic mass is 16.5. The fraction of sp³-hybridized carbons (Fsp3) is 0.417. The molecule has 2 atom stereocenters. The molecule has 0 spiro atoms. The molecule has 0 radical (unpaired) electrons. The van der Waals surface area contributed by atoms with Gasteiger partial charge in [-0.05, 0) is 68.9 Å². The van der Waals surface area contributed by atoms with Crippen LogP contribution in [0.25, 0.3) is 11.1 Å². The summed E-state index contributed by atoms with van der Waals surface area (Å²) < 4.78 is 11.8. The summed E-state index contributed by atoms with van der Waals surface area (Å²) in [5, 5.41) is 13.1. The number of nitrogens with one attached hydrogen (secondary N) is 1. The predicted octanol–water partition coefficient (Wildman–Crippen LogP) is 5.26. The maximum atomic E-state index is 11.4. The second kappa shape index (κ2) is 8.11. The van der Waals surface area contributed by atoms with Crippen molar-refractivity contribution < 1.29 is 19.1 Å². The molecule has 1 aliphatic rings. The number of aromatic nitrogens is 1. The van der Waals surface area contributed by atoms with Crippen LogP contribution in [0.4, 0.5) is 0 Å². The van der Waals surface area contributed by atoms with Crippen molar-refractivity contribution in [3.8, 4) is 5.75 Å². The number of rotatable bonds is 9. The summed E-state index contributed by atoms with van der Waals surface area (Å²) in [6.07, 6.45) is 3.18. The molecule has 0 bridgehead atoms. The number of fused-ring (bicyclic) bond motifs is 1. The molecule has 6 heteroatoms. The molecule has 1 fully saturated rings. The van der Waals surface area contributed by atoms with Gasteiger partial charge in [-0.2, -0.15) is 0 Å². The van der Waals surface area contributed by atoms with Gasteiger partial charge >= 0.3 is 5.97 Å². The van der Waals surface area contributed by atoms with Gasteiger partial charge in [0.05, 0.1) is 6.04 Å². The highest BCUT2D eigenvalue weighted by molar-refractivity contribution is 5.76. The Morgan fingerprint density at radius 2 is 2.03 bits per heavy atom. The average molecular weight is 408 g/mol. The van der Waals surface area contributed by atoms with Crippen molar-refractivity contribution in [2.24, 2.45) is 5.92 Å². The van der Waals surface area contributed by atoms with Gasteiger partial charge in [0.2, 0.25) is 5.89 Å². The van der Waals surface area contributed by atoms with Crippen LogP contribution in [0, 0.1) is 5.92 Å². The quantitative estimate of drug-likeness (QED) is 0.502. The summed E-state index contributed by atoms with van der Waals surface area (Å²) in [5.74, 6) is 0.793. The van der Waals surface area contributed by atoms with Gasteiger partial charge in [-0.25, -0.2) is 9.78 Å². The van der Waals surface area contributed by atoms with Crippen LogP contribution >= 0.6 is 0 Å². The standard InChI is InChI=1S/C24H28N2O4/c1-4-18(16-8-7-9-17(14-16)30-24(2,3)23(27)28)25-21(15-12-13-15)22-26-19-10-5-6-11-20(19)29-22/h5-11,14-15,18,21,25H,4,12-13H2,1-3H3,(H,27,28). The Morgan fingerprint density at radius 3 is 2.70 bits per heavy atom. The van der Waals surface area contributed by atoms with Crippen LogP contribution in [-0.2, 0) is 4.79 Å². The summed E-state index contributed by atoms with van der Waals surface area (Å²) in [5.41, 5.74) is 1.44. The normalized spacial score (nSPS) is 16.4. The molecule has 0 amide bonds. The van der Waals surface area contributed by atoms with Crippen LogP contribution in [0.2, 0.25) is 0 Å². The Labute approximate surface area is 176 Å². The smallest absolute Gasteiger partial charge is 0.347 e. The van der Waals surface area contributed by atoms with Gasteiger partial charge in [0, 0.05) is 6.04 Å². The SMILES string of the molecule is CCC(NC(c1nc2ccccc2o1)C1CC1)c1cccc(OC(C)(C)C(=O)O)c1. The summed E-state index contributed by atoms with van der Waals surface area (Å²) in [4.78, 5) is 16.1. The van der Waals surface area contributed by atoms with E-state index in [4.69, 9.17) is 14.1 Å². The van der Waals surface area contributed by atoms with Gasteiger partial charge in [-0.3, -0.25) is 5.32 Å². The Kier molecular flexibility index (Phi) is 5.52. The van der Waals surface area contributed by atoms with Gasteiger partial charge in [-0.15, -0.1) is 0 Å². The lowest BCUT2D eigenvalue weighted by Gasteiger charge is -2.25. The minimum atomic E-state index is -1.29. The molecule has 2 aromatic carbocycles. The minimum absolute atomic E-state index is 0.0439. The number of aliphatic carboxylic acids is 1. The van der Waals surface area contributed by atoms with E-state index in [1.54, 1.807) is 19.9 Å². The van der Waals surface area contributed by atoms with Crippen molar-refractivity contribution in [3.63, 3.8) is 0 Å². The van der Waals surface area contributed by atoms with E-state index >= 15 is 0 Å². The molecule has 6 nitrogen and oxygen atoms in total. The highest BCUT2D eigenvalue weighted by Crippen LogP contribution is 2.43. The highest BCUT2D eigenvalue weighted by Gasteiger charge is 2.37. The molecular formula is C24H28N2O4. The van der Waals surface area contributed by atoms with Crippen LogP contribution in [0.3, 0.4) is 0 Å². The average Bonchev–Trinajstić information content (AvgIpc) is 3.46. The van der Waals surface area contributed by atoms with Gasteiger partial charge in [0.25, 0.3) is 0 Å². The number of carboxylic acids is 1. The second-order valence-corrected chi connectivity index (χ2v) is 8.45. The molecule has 0 saturated heterocycles. The van der Waals surface area contributed by atoms with E-state index in [9.17, 15) is 9.90 Å². The number of carbonyl (C=O) groups is 1. The van der Waals surface area contributed by atoms with Gasteiger partial charge in [0.1, 0.15) is 11.3 Å². The van der Waals surface area contributed by atoms with Crippen molar-refractivity contribution in [1.29, 1.82) is 0 Å².